The number of nitrogens with one attached hydrogen (secondary N) is 1. The summed E-state index contributed by atoms with van der Waals surface area (Å²) in [4.78, 5) is 21.5. The third-order valence-corrected chi connectivity index (χ3v) is 2.79. The second kappa shape index (κ2) is 6.92. The van der Waals surface area contributed by atoms with Crippen LogP contribution < -0.4 is 10.2 Å². The van der Waals surface area contributed by atoms with E-state index in [1.54, 1.807) is 0 Å². The van der Waals surface area contributed by atoms with Crippen LogP contribution in [0.1, 0.15) is 33.0 Å². The predicted molar refractivity (Wildman–Crippen MR) is 75.7 cm³/mol. The molecule has 6 nitrogen and oxygen atoms in total. The van der Waals surface area contributed by atoms with Crippen molar-refractivity contribution in [2.75, 3.05) is 23.3 Å². The fourth-order valence-electron chi connectivity index (χ4n) is 1.90. The lowest BCUT2D eigenvalue weighted by Crippen LogP contribution is -2.25. The lowest BCUT2D eigenvalue weighted by molar-refractivity contribution is -0.137. The topological polar surface area (TPSA) is 78.4 Å². The Morgan fingerprint density at radius 1 is 1.42 bits per heavy atom. The Hall–Kier alpha value is -1.85. The normalized spacial score (nSPS) is 12.0. The van der Waals surface area contributed by atoms with E-state index >= 15 is 0 Å². The fourth-order valence-corrected chi connectivity index (χ4v) is 1.90. The predicted octanol–water partition coefficient (Wildman–Crippen LogP) is 1.91. The van der Waals surface area contributed by atoms with Crippen LogP contribution in [0.4, 0.5) is 11.6 Å². The van der Waals surface area contributed by atoms with Crippen LogP contribution in [-0.2, 0) is 4.79 Å². The van der Waals surface area contributed by atoms with E-state index in [-0.39, 0.29) is 12.5 Å². The third-order valence-electron chi connectivity index (χ3n) is 2.79. The zero-order valence-electron chi connectivity index (χ0n) is 12.0. The Kier molecular flexibility index (Phi) is 5.54. The summed E-state index contributed by atoms with van der Waals surface area (Å²) in [7, 11) is 0. The number of aryl methyl sites for hydroxylation is 1. The number of aliphatic carboxylic acids is 1. The molecule has 0 aliphatic heterocycles. The minimum atomic E-state index is -0.824. The Morgan fingerprint density at radius 2 is 2.05 bits per heavy atom. The van der Waals surface area contributed by atoms with Crippen molar-refractivity contribution in [1.82, 2.24) is 9.97 Å². The van der Waals surface area contributed by atoms with Crippen LogP contribution in [0.15, 0.2) is 6.07 Å². The lowest BCUT2D eigenvalue weighted by Gasteiger charge is -2.21. The van der Waals surface area contributed by atoms with Crippen molar-refractivity contribution in [3.63, 3.8) is 0 Å². The van der Waals surface area contributed by atoms with Gasteiger partial charge in [-0.25, -0.2) is 9.97 Å². The molecule has 1 aromatic heterocycles. The first-order chi connectivity index (χ1) is 8.96. The van der Waals surface area contributed by atoms with Crippen molar-refractivity contribution in [1.29, 1.82) is 0 Å². The molecule has 1 rings (SSSR count). The average Bonchev–Trinajstić information content (AvgIpc) is 2.28. The molecule has 0 amide bonds. The second-order valence-corrected chi connectivity index (χ2v) is 4.47. The standard InChI is InChI=1S/C13H22N4O2/c1-5-17(6-2)12-8-11(15-10(4)16-12)14-9(3)7-13(18)19/h8-9H,5-7H2,1-4H3,(H,18,19)(H,14,15,16). The van der Waals surface area contributed by atoms with Gasteiger partial charge in [0.2, 0.25) is 0 Å². The van der Waals surface area contributed by atoms with Crippen molar-refractivity contribution >= 4 is 17.6 Å². The van der Waals surface area contributed by atoms with E-state index in [2.05, 4.69) is 34.0 Å². The average molecular weight is 266 g/mol. The van der Waals surface area contributed by atoms with Crippen LogP contribution in [0.2, 0.25) is 0 Å². The summed E-state index contributed by atoms with van der Waals surface area (Å²) in [5.41, 5.74) is 0. The molecule has 0 saturated carbocycles. The van der Waals surface area contributed by atoms with Gasteiger partial charge >= 0.3 is 5.97 Å². The Bertz CT molecular complexity index is 433. The number of anilines is 2. The maximum Gasteiger partial charge on any atom is 0.305 e. The van der Waals surface area contributed by atoms with Crippen LogP contribution in [0.3, 0.4) is 0 Å². The zero-order valence-corrected chi connectivity index (χ0v) is 12.0. The molecule has 0 aliphatic carbocycles. The highest BCUT2D eigenvalue weighted by atomic mass is 16.4. The molecule has 0 aromatic carbocycles. The van der Waals surface area contributed by atoms with Gasteiger partial charge in [-0.1, -0.05) is 0 Å². The summed E-state index contributed by atoms with van der Waals surface area (Å²) in [5.74, 6) is 1.38. The molecular weight excluding hydrogens is 244 g/mol. The third kappa shape index (κ3) is 4.73. The molecule has 0 aliphatic rings. The van der Waals surface area contributed by atoms with Crippen LogP contribution in [0.5, 0.6) is 0 Å². The van der Waals surface area contributed by atoms with Gasteiger partial charge in [0.15, 0.2) is 0 Å². The van der Waals surface area contributed by atoms with Crippen LogP contribution in [0.25, 0.3) is 0 Å². The van der Waals surface area contributed by atoms with Gasteiger partial charge in [0.05, 0.1) is 6.42 Å². The van der Waals surface area contributed by atoms with Crippen LogP contribution in [0, 0.1) is 6.92 Å². The molecule has 1 heterocycles. The molecular formula is C13H22N4O2. The molecule has 0 radical (unpaired) electrons. The molecule has 2 N–H and O–H groups in total. The Balaban J connectivity index is 2.87. The number of hydrogen-bond acceptors (Lipinski definition) is 5. The summed E-state index contributed by atoms with van der Waals surface area (Å²) in [6, 6.07) is 1.69. The van der Waals surface area contributed by atoms with Gasteiger partial charge in [0.1, 0.15) is 17.5 Å². The SMILES string of the molecule is CCN(CC)c1cc(NC(C)CC(=O)O)nc(C)n1. The number of hydrogen-bond donors (Lipinski definition) is 2. The number of carboxylic acids is 1. The molecule has 1 aromatic rings. The molecule has 106 valence electrons. The second-order valence-electron chi connectivity index (χ2n) is 4.47. The van der Waals surface area contributed by atoms with Crippen molar-refractivity contribution < 1.29 is 9.90 Å². The van der Waals surface area contributed by atoms with Crippen molar-refractivity contribution in [2.45, 2.75) is 40.2 Å². The maximum atomic E-state index is 10.7. The van der Waals surface area contributed by atoms with Crippen LogP contribution in [-0.4, -0.2) is 40.2 Å². The molecule has 0 saturated heterocycles. The van der Waals surface area contributed by atoms with Crippen molar-refractivity contribution in [3.05, 3.63) is 11.9 Å². The van der Waals surface area contributed by atoms with Gasteiger partial charge in [-0.05, 0) is 27.7 Å². The largest absolute Gasteiger partial charge is 0.481 e. The molecule has 0 spiro atoms. The van der Waals surface area contributed by atoms with Gasteiger partial charge in [-0.3, -0.25) is 4.79 Å². The van der Waals surface area contributed by atoms with E-state index in [1.165, 1.54) is 0 Å². The lowest BCUT2D eigenvalue weighted by atomic mass is 10.2. The number of carboxylic acid groups (broad SMARTS) is 1. The van der Waals surface area contributed by atoms with Gasteiger partial charge in [0.25, 0.3) is 0 Å². The quantitative estimate of drug-likeness (QED) is 0.785. The summed E-state index contributed by atoms with van der Waals surface area (Å²) in [5, 5.41) is 11.9. The van der Waals surface area contributed by atoms with Gasteiger partial charge in [-0.15, -0.1) is 0 Å². The van der Waals surface area contributed by atoms with E-state index in [9.17, 15) is 4.79 Å². The fraction of sp³-hybridized carbons (Fsp3) is 0.615. The van der Waals surface area contributed by atoms with Gasteiger partial charge in [-0.2, -0.15) is 0 Å². The Labute approximate surface area is 113 Å². The zero-order chi connectivity index (χ0) is 14.4. The number of rotatable bonds is 7. The molecule has 6 heteroatoms. The van der Waals surface area contributed by atoms with E-state index in [1.807, 2.05) is 19.9 Å². The number of aromatic nitrogens is 2. The first kappa shape index (κ1) is 15.2. The molecule has 1 atom stereocenters. The van der Waals surface area contributed by atoms with Gasteiger partial charge < -0.3 is 15.3 Å². The smallest absolute Gasteiger partial charge is 0.305 e. The van der Waals surface area contributed by atoms with Crippen molar-refractivity contribution in [3.8, 4) is 0 Å². The van der Waals surface area contributed by atoms with E-state index < -0.39 is 5.97 Å². The van der Waals surface area contributed by atoms with E-state index in [0.29, 0.717) is 11.6 Å². The molecule has 0 bridgehead atoms. The highest BCUT2D eigenvalue weighted by molar-refractivity contribution is 5.68. The number of nitrogens with zero attached hydrogens (tertiary/aromatic N) is 3. The summed E-state index contributed by atoms with van der Waals surface area (Å²) >= 11 is 0. The van der Waals surface area contributed by atoms with Crippen LogP contribution >= 0.6 is 0 Å². The maximum absolute atomic E-state index is 10.7. The summed E-state index contributed by atoms with van der Waals surface area (Å²) in [6.45, 7) is 9.54. The molecule has 1 unspecified atom stereocenters. The number of carbonyl (C=O) groups is 1. The Morgan fingerprint density at radius 3 is 2.58 bits per heavy atom. The van der Waals surface area contributed by atoms with E-state index in [0.717, 1.165) is 18.9 Å². The van der Waals surface area contributed by atoms with Crippen molar-refractivity contribution in [2.24, 2.45) is 0 Å². The molecule has 0 fully saturated rings. The minimum absolute atomic E-state index is 0.0592. The highest BCUT2D eigenvalue weighted by Gasteiger charge is 2.11. The monoisotopic (exact) mass is 266 g/mol. The molecule has 19 heavy (non-hydrogen) atoms. The first-order valence-electron chi connectivity index (χ1n) is 6.55. The first-order valence-corrected chi connectivity index (χ1v) is 6.55. The van der Waals surface area contributed by atoms with E-state index in [4.69, 9.17) is 5.11 Å². The summed E-state index contributed by atoms with van der Waals surface area (Å²) in [6.07, 6.45) is 0.0592. The minimum Gasteiger partial charge on any atom is -0.481 e. The highest BCUT2D eigenvalue weighted by Crippen LogP contribution is 2.16. The van der Waals surface area contributed by atoms with Gasteiger partial charge in [0, 0.05) is 25.2 Å². The summed E-state index contributed by atoms with van der Waals surface area (Å²) < 4.78 is 0.